The molecule has 0 saturated carbocycles. The molecule has 2 heterocycles. The molecule has 132 valence electrons. The average molecular weight is 377 g/mol. The molecule has 8 heteroatoms. The molecule has 0 aliphatic rings. The molecule has 3 aromatic rings. The molecule has 3 rings (SSSR count). The van der Waals surface area contributed by atoms with Crippen molar-refractivity contribution in [2.24, 2.45) is 0 Å². The Kier molecular flexibility index (Phi) is 5.22. The minimum atomic E-state index is -3.57. The minimum Gasteiger partial charge on any atom is -0.497 e. The van der Waals surface area contributed by atoms with Crippen LogP contribution >= 0.6 is 11.3 Å². The molecule has 1 aromatic carbocycles. The van der Waals surface area contributed by atoms with Gasteiger partial charge in [0.2, 0.25) is 10.0 Å². The van der Waals surface area contributed by atoms with Crippen molar-refractivity contribution in [1.29, 1.82) is 0 Å². The van der Waals surface area contributed by atoms with E-state index in [9.17, 15) is 8.42 Å². The van der Waals surface area contributed by atoms with E-state index in [2.05, 4.69) is 9.82 Å². The number of aryl methyl sites for hydroxylation is 1. The van der Waals surface area contributed by atoms with Crippen LogP contribution in [0.25, 0.3) is 10.6 Å². The fourth-order valence-electron chi connectivity index (χ4n) is 2.46. The lowest BCUT2D eigenvalue weighted by Gasteiger charge is -2.10. The lowest BCUT2D eigenvalue weighted by atomic mass is 10.2. The van der Waals surface area contributed by atoms with E-state index in [0.717, 1.165) is 10.6 Å². The highest BCUT2D eigenvalue weighted by Crippen LogP contribution is 2.22. The normalized spacial score (nSPS) is 11.6. The number of rotatable bonds is 7. The molecule has 1 N–H and O–H groups in total. The molecule has 0 fully saturated rings. The van der Waals surface area contributed by atoms with Gasteiger partial charge in [-0.2, -0.15) is 5.10 Å². The van der Waals surface area contributed by atoms with Crippen LogP contribution in [0.3, 0.4) is 0 Å². The van der Waals surface area contributed by atoms with Crippen LogP contribution in [0, 0.1) is 6.92 Å². The van der Waals surface area contributed by atoms with Crippen molar-refractivity contribution >= 4 is 21.4 Å². The molecule has 6 nitrogen and oxygen atoms in total. The van der Waals surface area contributed by atoms with E-state index in [1.807, 2.05) is 29.8 Å². The molecule has 0 radical (unpaired) electrons. The third-order valence-corrected chi connectivity index (χ3v) is 6.23. The van der Waals surface area contributed by atoms with E-state index in [1.165, 1.54) is 0 Å². The minimum absolute atomic E-state index is 0.257. The number of methoxy groups -OCH3 is 1. The second kappa shape index (κ2) is 7.38. The van der Waals surface area contributed by atoms with Gasteiger partial charge in [0.25, 0.3) is 0 Å². The van der Waals surface area contributed by atoms with Gasteiger partial charge in [0.15, 0.2) is 0 Å². The second-order valence-corrected chi connectivity index (χ2v) is 8.15. The first-order chi connectivity index (χ1) is 12.0. The lowest BCUT2D eigenvalue weighted by Crippen LogP contribution is -2.28. The largest absolute Gasteiger partial charge is 0.497 e. The van der Waals surface area contributed by atoms with Gasteiger partial charge in [-0.05, 0) is 48.2 Å². The first-order valence-electron chi connectivity index (χ1n) is 7.71. The standard InChI is InChI=1S/C17H19N3O3S2/c1-13-12-14(23-2)5-6-17(13)25(21,22)18-8-10-20-9-7-15(19-20)16-4-3-11-24-16/h3-7,9,11-12,18H,8,10H2,1-2H3. The number of sulfonamides is 1. The fourth-order valence-corrected chi connectivity index (χ4v) is 4.40. The highest BCUT2D eigenvalue weighted by molar-refractivity contribution is 7.89. The van der Waals surface area contributed by atoms with Gasteiger partial charge in [-0.3, -0.25) is 4.68 Å². The van der Waals surface area contributed by atoms with Crippen LogP contribution in [0.15, 0.2) is 52.9 Å². The molecule has 0 saturated heterocycles. The third-order valence-electron chi connectivity index (χ3n) is 3.72. The zero-order chi connectivity index (χ0) is 17.9. The molecular weight excluding hydrogens is 358 g/mol. The SMILES string of the molecule is COc1ccc(S(=O)(=O)NCCn2ccc(-c3cccs3)n2)c(C)c1. The Hall–Kier alpha value is -2.16. The van der Waals surface area contributed by atoms with Crippen LogP contribution in [-0.4, -0.2) is 31.9 Å². The topological polar surface area (TPSA) is 73.2 Å². The first kappa shape index (κ1) is 17.7. The molecule has 2 aromatic heterocycles. The molecular formula is C17H19N3O3S2. The van der Waals surface area contributed by atoms with E-state index >= 15 is 0 Å². The van der Waals surface area contributed by atoms with E-state index in [1.54, 1.807) is 48.3 Å². The van der Waals surface area contributed by atoms with Gasteiger partial charge >= 0.3 is 0 Å². The predicted octanol–water partition coefficient (Wildman–Crippen LogP) is 2.91. The van der Waals surface area contributed by atoms with Crippen LogP contribution in [-0.2, 0) is 16.6 Å². The molecule has 0 aliphatic carbocycles. The highest BCUT2D eigenvalue weighted by atomic mass is 32.2. The van der Waals surface area contributed by atoms with Crippen LogP contribution < -0.4 is 9.46 Å². The summed E-state index contributed by atoms with van der Waals surface area (Å²) in [5.41, 5.74) is 1.54. The Balaban J connectivity index is 1.63. The van der Waals surface area contributed by atoms with Crippen molar-refractivity contribution in [3.63, 3.8) is 0 Å². The quantitative estimate of drug-likeness (QED) is 0.687. The van der Waals surface area contributed by atoms with Gasteiger partial charge in [-0.25, -0.2) is 13.1 Å². The Labute approximate surface area is 151 Å². The zero-order valence-electron chi connectivity index (χ0n) is 14.0. The summed E-state index contributed by atoms with van der Waals surface area (Å²) in [4.78, 5) is 1.35. The van der Waals surface area contributed by atoms with Crippen molar-refractivity contribution in [3.8, 4) is 16.3 Å². The summed E-state index contributed by atoms with van der Waals surface area (Å²) in [5, 5.41) is 6.46. The maximum atomic E-state index is 12.5. The van der Waals surface area contributed by atoms with Crippen molar-refractivity contribution in [2.75, 3.05) is 13.7 Å². The number of aromatic nitrogens is 2. The van der Waals surface area contributed by atoms with Crippen molar-refractivity contribution in [3.05, 3.63) is 53.5 Å². The molecule has 0 aliphatic heterocycles. The number of ether oxygens (including phenoxy) is 1. The number of nitrogens with zero attached hydrogens (tertiary/aromatic N) is 2. The summed E-state index contributed by atoms with van der Waals surface area (Å²) >= 11 is 1.62. The second-order valence-electron chi connectivity index (χ2n) is 5.47. The lowest BCUT2D eigenvalue weighted by molar-refractivity contribution is 0.414. The van der Waals surface area contributed by atoms with Gasteiger partial charge in [0.05, 0.1) is 23.4 Å². The molecule has 0 bridgehead atoms. The molecule has 0 spiro atoms. The van der Waals surface area contributed by atoms with Crippen molar-refractivity contribution in [1.82, 2.24) is 14.5 Å². The monoisotopic (exact) mass is 377 g/mol. The van der Waals surface area contributed by atoms with Gasteiger partial charge < -0.3 is 4.74 Å². The molecule has 25 heavy (non-hydrogen) atoms. The Morgan fingerprint density at radius 1 is 1.28 bits per heavy atom. The van der Waals surface area contributed by atoms with E-state index < -0.39 is 10.0 Å². The van der Waals surface area contributed by atoms with Crippen LogP contribution in [0.4, 0.5) is 0 Å². The Morgan fingerprint density at radius 2 is 2.12 bits per heavy atom. The number of nitrogens with one attached hydrogen (secondary N) is 1. The number of benzene rings is 1. The predicted molar refractivity (Wildman–Crippen MR) is 98.5 cm³/mol. The summed E-state index contributed by atoms with van der Waals surface area (Å²) < 4.78 is 34.4. The Bertz CT molecular complexity index is 947. The summed E-state index contributed by atoms with van der Waals surface area (Å²) in [6.45, 7) is 2.47. The van der Waals surface area contributed by atoms with Gasteiger partial charge in [-0.15, -0.1) is 11.3 Å². The van der Waals surface area contributed by atoms with E-state index in [4.69, 9.17) is 4.74 Å². The molecule has 0 amide bonds. The average Bonchev–Trinajstić information content (AvgIpc) is 3.25. The van der Waals surface area contributed by atoms with Gasteiger partial charge in [0.1, 0.15) is 11.4 Å². The smallest absolute Gasteiger partial charge is 0.240 e. The first-order valence-corrected chi connectivity index (χ1v) is 10.1. The van der Waals surface area contributed by atoms with E-state index in [0.29, 0.717) is 17.9 Å². The maximum absolute atomic E-state index is 12.5. The van der Waals surface area contributed by atoms with Crippen molar-refractivity contribution in [2.45, 2.75) is 18.4 Å². The fraction of sp³-hybridized carbons (Fsp3) is 0.235. The van der Waals surface area contributed by atoms with Crippen molar-refractivity contribution < 1.29 is 13.2 Å². The van der Waals surface area contributed by atoms with Gasteiger partial charge in [-0.1, -0.05) is 6.07 Å². The zero-order valence-corrected chi connectivity index (χ0v) is 15.6. The molecule has 0 atom stereocenters. The summed E-state index contributed by atoms with van der Waals surface area (Å²) in [6, 6.07) is 10.8. The summed E-state index contributed by atoms with van der Waals surface area (Å²) in [5.74, 6) is 0.633. The van der Waals surface area contributed by atoms with Crippen LogP contribution in [0.2, 0.25) is 0 Å². The number of thiophene rings is 1. The maximum Gasteiger partial charge on any atom is 0.240 e. The number of hydrogen-bond donors (Lipinski definition) is 1. The van der Waals surface area contributed by atoms with Crippen LogP contribution in [0.5, 0.6) is 5.75 Å². The highest BCUT2D eigenvalue weighted by Gasteiger charge is 2.16. The molecule has 0 unspecified atom stereocenters. The van der Waals surface area contributed by atoms with Gasteiger partial charge in [0, 0.05) is 12.7 Å². The number of hydrogen-bond acceptors (Lipinski definition) is 5. The Morgan fingerprint density at radius 3 is 2.80 bits per heavy atom. The third kappa shape index (κ3) is 4.09. The van der Waals surface area contributed by atoms with Crippen LogP contribution in [0.1, 0.15) is 5.56 Å². The summed E-state index contributed by atoms with van der Waals surface area (Å²) in [6.07, 6.45) is 1.85. The van der Waals surface area contributed by atoms with E-state index in [-0.39, 0.29) is 11.4 Å². The summed E-state index contributed by atoms with van der Waals surface area (Å²) in [7, 11) is -2.02.